The van der Waals surface area contributed by atoms with E-state index in [0.717, 1.165) is 0 Å². The molecule has 0 spiro atoms. The number of nitro groups is 1. The summed E-state index contributed by atoms with van der Waals surface area (Å²) in [6.07, 6.45) is 0. The lowest BCUT2D eigenvalue weighted by Crippen LogP contribution is -2.44. The average molecular weight is 279 g/mol. The highest BCUT2D eigenvalue weighted by Crippen LogP contribution is 2.18. The smallest absolute Gasteiger partial charge is 0.272 e. The summed E-state index contributed by atoms with van der Waals surface area (Å²) in [5.41, 5.74) is 0.635. The highest BCUT2D eigenvalue weighted by atomic mass is 16.6. The molecular formula is C13H17N3O4. The molecule has 7 nitrogen and oxygen atoms in total. The number of aryl methyl sites for hydroxylation is 1. The number of carbonyl (C=O) groups excluding carboxylic acids is 2. The van der Waals surface area contributed by atoms with E-state index in [4.69, 9.17) is 0 Å². The number of nitrogens with one attached hydrogen (secondary N) is 2. The third kappa shape index (κ3) is 3.78. The van der Waals surface area contributed by atoms with Crippen LogP contribution in [0.4, 0.5) is 5.69 Å². The fourth-order valence-electron chi connectivity index (χ4n) is 1.67. The van der Waals surface area contributed by atoms with Gasteiger partial charge in [-0.15, -0.1) is 0 Å². The van der Waals surface area contributed by atoms with Gasteiger partial charge >= 0.3 is 0 Å². The van der Waals surface area contributed by atoms with Crippen molar-refractivity contribution >= 4 is 17.5 Å². The number of likely N-dealkylation sites (N-methyl/N-ethyl adjacent to an activating group) is 1. The van der Waals surface area contributed by atoms with Gasteiger partial charge in [0.05, 0.1) is 4.92 Å². The van der Waals surface area contributed by atoms with Gasteiger partial charge in [0.1, 0.15) is 6.04 Å². The van der Waals surface area contributed by atoms with Gasteiger partial charge in [-0.05, 0) is 32.9 Å². The lowest BCUT2D eigenvalue weighted by Gasteiger charge is -2.13. The summed E-state index contributed by atoms with van der Waals surface area (Å²) in [6.45, 7) is 5.39. The molecule has 0 saturated heterocycles. The lowest BCUT2D eigenvalue weighted by molar-refractivity contribution is -0.385. The summed E-state index contributed by atoms with van der Waals surface area (Å²) in [4.78, 5) is 33.6. The summed E-state index contributed by atoms with van der Waals surface area (Å²) in [5, 5.41) is 15.8. The van der Waals surface area contributed by atoms with E-state index in [1.54, 1.807) is 20.8 Å². The first-order chi connectivity index (χ1) is 9.36. The second-order valence-corrected chi connectivity index (χ2v) is 4.35. The Hall–Kier alpha value is -2.44. The Bertz CT molecular complexity index is 542. The number of hydrogen-bond acceptors (Lipinski definition) is 4. The summed E-state index contributed by atoms with van der Waals surface area (Å²) < 4.78 is 0. The maximum Gasteiger partial charge on any atom is 0.272 e. The number of nitro benzene ring substituents is 1. The van der Waals surface area contributed by atoms with Crippen molar-refractivity contribution in [2.24, 2.45) is 0 Å². The quantitative estimate of drug-likeness (QED) is 0.623. The predicted octanol–water partition coefficient (Wildman–Crippen LogP) is 1.16. The lowest BCUT2D eigenvalue weighted by atomic mass is 10.1. The Morgan fingerprint density at radius 1 is 1.40 bits per heavy atom. The topological polar surface area (TPSA) is 101 Å². The molecule has 7 heteroatoms. The van der Waals surface area contributed by atoms with Crippen molar-refractivity contribution in [1.29, 1.82) is 0 Å². The van der Waals surface area contributed by atoms with E-state index in [9.17, 15) is 19.7 Å². The summed E-state index contributed by atoms with van der Waals surface area (Å²) in [7, 11) is 0. The fraction of sp³-hybridized carbons (Fsp3) is 0.385. The van der Waals surface area contributed by atoms with Gasteiger partial charge in [-0.1, -0.05) is 0 Å². The minimum absolute atomic E-state index is 0.0432. The van der Waals surface area contributed by atoms with Crippen LogP contribution >= 0.6 is 0 Å². The molecule has 2 N–H and O–H groups in total. The Morgan fingerprint density at radius 2 is 2.05 bits per heavy atom. The van der Waals surface area contributed by atoms with Crippen molar-refractivity contribution in [3.63, 3.8) is 0 Å². The van der Waals surface area contributed by atoms with Crippen LogP contribution in [0.5, 0.6) is 0 Å². The molecule has 1 aromatic carbocycles. The normalized spacial score (nSPS) is 11.6. The molecule has 0 aromatic heterocycles. The monoisotopic (exact) mass is 279 g/mol. The number of hydrogen-bond donors (Lipinski definition) is 2. The van der Waals surface area contributed by atoms with Gasteiger partial charge in [-0.3, -0.25) is 19.7 Å². The molecule has 0 aliphatic carbocycles. The van der Waals surface area contributed by atoms with Gasteiger partial charge in [-0.25, -0.2) is 0 Å². The fourth-order valence-corrected chi connectivity index (χ4v) is 1.67. The molecule has 0 unspecified atom stereocenters. The van der Waals surface area contributed by atoms with Crippen molar-refractivity contribution in [3.8, 4) is 0 Å². The van der Waals surface area contributed by atoms with Crippen LogP contribution in [-0.2, 0) is 4.79 Å². The minimum atomic E-state index is -0.669. The van der Waals surface area contributed by atoms with Crippen LogP contribution in [-0.4, -0.2) is 29.3 Å². The maximum atomic E-state index is 11.9. The van der Waals surface area contributed by atoms with Crippen LogP contribution in [0.2, 0.25) is 0 Å². The molecule has 0 fully saturated rings. The predicted molar refractivity (Wildman–Crippen MR) is 73.4 cm³/mol. The Balaban J connectivity index is 2.81. The zero-order chi connectivity index (χ0) is 15.3. The van der Waals surface area contributed by atoms with Gasteiger partial charge in [0.15, 0.2) is 0 Å². The van der Waals surface area contributed by atoms with Crippen LogP contribution in [0.3, 0.4) is 0 Å². The SMILES string of the molecule is CCNC(=O)[C@H](C)NC(=O)c1ccc([N+](=O)[O-])c(C)c1. The van der Waals surface area contributed by atoms with Crippen molar-refractivity contribution in [1.82, 2.24) is 10.6 Å². The number of rotatable bonds is 5. The summed E-state index contributed by atoms with van der Waals surface area (Å²) in [5.74, 6) is -0.721. The van der Waals surface area contributed by atoms with Crippen LogP contribution in [0.1, 0.15) is 29.8 Å². The van der Waals surface area contributed by atoms with E-state index < -0.39 is 16.9 Å². The Kier molecular flexibility index (Phi) is 5.19. The second kappa shape index (κ2) is 6.65. The third-order valence-corrected chi connectivity index (χ3v) is 2.75. The molecule has 0 saturated carbocycles. The van der Waals surface area contributed by atoms with Crippen LogP contribution < -0.4 is 10.6 Å². The number of amides is 2. The highest BCUT2D eigenvalue weighted by molar-refractivity contribution is 5.97. The average Bonchev–Trinajstić information content (AvgIpc) is 2.38. The summed E-state index contributed by atoms with van der Waals surface area (Å²) >= 11 is 0. The zero-order valence-corrected chi connectivity index (χ0v) is 11.6. The first-order valence-corrected chi connectivity index (χ1v) is 6.20. The number of nitrogens with zero attached hydrogens (tertiary/aromatic N) is 1. The minimum Gasteiger partial charge on any atom is -0.355 e. The van der Waals surface area contributed by atoms with E-state index in [1.165, 1.54) is 18.2 Å². The molecule has 20 heavy (non-hydrogen) atoms. The number of carbonyl (C=O) groups is 2. The molecule has 0 radical (unpaired) electrons. The number of benzene rings is 1. The molecule has 0 aliphatic rings. The molecule has 108 valence electrons. The molecule has 1 rings (SSSR count). The first-order valence-electron chi connectivity index (χ1n) is 6.20. The molecule has 0 aliphatic heterocycles. The third-order valence-electron chi connectivity index (χ3n) is 2.75. The van der Waals surface area contributed by atoms with Crippen molar-refractivity contribution in [3.05, 3.63) is 39.4 Å². The molecule has 1 aromatic rings. The van der Waals surface area contributed by atoms with Gasteiger partial charge < -0.3 is 10.6 Å². The van der Waals surface area contributed by atoms with Gasteiger partial charge in [0.2, 0.25) is 5.91 Å². The largest absolute Gasteiger partial charge is 0.355 e. The van der Waals surface area contributed by atoms with Gasteiger partial charge in [-0.2, -0.15) is 0 Å². The van der Waals surface area contributed by atoms with Crippen molar-refractivity contribution in [2.45, 2.75) is 26.8 Å². The van der Waals surface area contributed by atoms with E-state index in [-0.39, 0.29) is 17.2 Å². The van der Waals surface area contributed by atoms with E-state index in [0.29, 0.717) is 12.1 Å². The first kappa shape index (κ1) is 15.6. The molecule has 0 heterocycles. The van der Waals surface area contributed by atoms with Gasteiger partial charge in [0, 0.05) is 23.7 Å². The van der Waals surface area contributed by atoms with Crippen LogP contribution in [0.15, 0.2) is 18.2 Å². The molecule has 1 atom stereocenters. The van der Waals surface area contributed by atoms with E-state index >= 15 is 0 Å². The Labute approximate surface area is 116 Å². The van der Waals surface area contributed by atoms with Crippen molar-refractivity contribution in [2.75, 3.05) is 6.54 Å². The Morgan fingerprint density at radius 3 is 2.55 bits per heavy atom. The van der Waals surface area contributed by atoms with Crippen LogP contribution in [0, 0.1) is 17.0 Å². The standard InChI is InChI=1S/C13H17N3O4/c1-4-14-12(17)9(3)15-13(18)10-5-6-11(16(19)20)8(2)7-10/h5-7,9H,4H2,1-3H3,(H,14,17)(H,15,18)/t9-/m0/s1. The van der Waals surface area contributed by atoms with Crippen LogP contribution in [0.25, 0.3) is 0 Å². The highest BCUT2D eigenvalue weighted by Gasteiger charge is 2.18. The maximum absolute atomic E-state index is 11.9. The van der Waals surface area contributed by atoms with Crippen molar-refractivity contribution < 1.29 is 14.5 Å². The van der Waals surface area contributed by atoms with Gasteiger partial charge in [0.25, 0.3) is 11.6 Å². The molecule has 0 bridgehead atoms. The molecule has 2 amide bonds. The zero-order valence-electron chi connectivity index (χ0n) is 11.6. The van der Waals surface area contributed by atoms with E-state index in [1.807, 2.05) is 0 Å². The van der Waals surface area contributed by atoms with E-state index in [2.05, 4.69) is 10.6 Å². The molecular weight excluding hydrogens is 262 g/mol. The summed E-state index contributed by atoms with van der Waals surface area (Å²) in [6, 6.07) is 3.40. The second-order valence-electron chi connectivity index (χ2n) is 4.35.